The molecule has 7 heteroatoms. The van der Waals surface area contributed by atoms with Crippen molar-refractivity contribution in [2.24, 2.45) is 0 Å². The largest absolute Gasteiger partial charge is 0.484 e. The molecule has 6 nitrogen and oxygen atoms in total. The van der Waals surface area contributed by atoms with Gasteiger partial charge in [-0.1, -0.05) is 34.1 Å². The zero-order valence-corrected chi connectivity index (χ0v) is 16.0. The minimum absolute atomic E-state index is 0.0252. The average molecular weight is 425 g/mol. The molecule has 0 fully saturated rings. The number of fused-ring (bicyclic) bond motifs is 2. The summed E-state index contributed by atoms with van der Waals surface area (Å²) < 4.78 is 8.55. The van der Waals surface area contributed by atoms with Gasteiger partial charge in [-0.15, -0.1) is 10.2 Å². The van der Waals surface area contributed by atoms with Crippen LogP contribution in [0.15, 0.2) is 65.3 Å². The zero-order valence-electron chi connectivity index (χ0n) is 14.4. The van der Waals surface area contributed by atoms with E-state index in [2.05, 4.69) is 31.4 Å². The summed E-state index contributed by atoms with van der Waals surface area (Å²) in [6.45, 7) is 0.451. The van der Waals surface area contributed by atoms with Gasteiger partial charge in [0.1, 0.15) is 11.6 Å². The fraction of sp³-hybridized carbons (Fsp3) is 0.150. The van der Waals surface area contributed by atoms with Gasteiger partial charge in [-0.2, -0.15) is 0 Å². The molecule has 0 bridgehead atoms. The van der Waals surface area contributed by atoms with Gasteiger partial charge >= 0.3 is 0 Å². The van der Waals surface area contributed by atoms with Crippen molar-refractivity contribution in [3.63, 3.8) is 0 Å². The van der Waals surface area contributed by atoms with Crippen LogP contribution in [0.3, 0.4) is 0 Å². The van der Waals surface area contributed by atoms with Gasteiger partial charge < -0.3 is 10.1 Å². The number of hydrogen-bond acceptors (Lipinski definition) is 4. The highest BCUT2D eigenvalue weighted by Gasteiger charge is 2.07. The van der Waals surface area contributed by atoms with Crippen LogP contribution < -0.4 is 10.1 Å². The van der Waals surface area contributed by atoms with E-state index in [9.17, 15) is 4.79 Å². The lowest BCUT2D eigenvalue weighted by molar-refractivity contribution is -0.123. The molecule has 0 unspecified atom stereocenters. The van der Waals surface area contributed by atoms with Crippen molar-refractivity contribution in [1.29, 1.82) is 0 Å². The number of nitrogens with one attached hydrogen (secondary N) is 1. The Kier molecular flexibility index (Phi) is 5.02. The van der Waals surface area contributed by atoms with Crippen LogP contribution in [0.2, 0.25) is 0 Å². The minimum Gasteiger partial charge on any atom is -0.484 e. The maximum atomic E-state index is 12.0. The standard InChI is InChI=1S/C20H17BrN4O2/c21-16-6-4-15-12-17(7-5-14(15)11-16)27-13-20(26)22-9-8-19-24-23-18-3-1-2-10-25(18)19/h1-7,10-12H,8-9,13H2,(H,22,26). The average Bonchev–Trinajstić information content (AvgIpc) is 3.09. The van der Waals surface area contributed by atoms with Crippen molar-refractivity contribution < 1.29 is 9.53 Å². The van der Waals surface area contributed by atoms with Crippen molar-refractivity contribution in [3.8, 4) is 5.75 Å². The highest BCUT2D eigenvalue weighted by atomic mass is 79.9. The van der Waals surface area contributed by atoms with E-state index in [0.29, 0.717) is 18.7 Å². The first kappa shape index (κ1) is 17.5. The summed E-state index contributed by atoms with van der Waals surface area (Å²) in [6.07, 6.45) is 2.51. The van der Waals surface area contributed by atoms with Gasteiger partial charge in [0, 0.05) is 23.6 Å². The van der Waals surface area contributed by atoms with Crippen molar-refractivity contribution in [3.05, 3.63) is 71.1 Å². The van der Waals surface area contributed by atoms with Crippen LogP contribution in [0.4, 0.5) is 0 Å². The lowest BCUT2D eigenvalue weighted by Crippen LogP contribution is -2.30. The Morgan fingerprint density at radius 3 is 2.85 bits per heavy atom. The van der Waals surface area contributed by atoms with Crippen LogP contribution in [0.25, 0.3) is 16.4 Å². The van der Waals surface area contributed by atoms with Gasteiger partial charge in [0.15, 0.2) is 12.3 Å². The summed E-state index contributed by atoms with van der Waals surface area (Å²) in [6, 6.07) is 17.5. The lowest BCUT2D eigenvalue weighted by atomic mass is 10.1. The van der Waals surface area contributed by atoms with Gasteiger partial charge in [0.25, 0.3) is 5.91 Å². The first-order valence-electron chi connectivity index (χ1n) is 8.56. The Hall–Kier alpha value is -2.93. The Bertz CT molecular complexity index is 1110. The Morgan fingerprint density at radius 1 is 1.07 bits per heavy atom. The van der Waals surface area contributed by atoms with Crippen LogP contribution in [-0.2, 0) is 11.2 Å². The second-order valence-electron chi connectivity index (χ2n) is 6.09. The molecule has 0 radical (unpaired) electrons. The van der Waals surface area contributed by atoms with E-state index < -0.39 is 0 Å². The number of nitrogens with zero attached hydrogens (tertiary/aromatic N) is 3. The highest BCUT2D eigenvalue weighted by molar-refractivity contribution is 9.10. The van der Waals surface area contributed by atoms with Gasteiger partial charge in [0.05, 0.1) is 0 Å². The number of halogens is 1. The predicted octanol–water partition coefficient (Wildman–Crippen LogP) is 3.38. The molecule has 0 saturated heterocycles. The number of amides is 1. The normalized spacial score (nSPS) is 11.0. The van der Waals surface area contributed by atoms with Gasteiger partial charge in [0.2, 0.25) is 0 Å². The number of ether oxygens (including phenoxy) is 1. The number of carbonyl (C=O) groups is 1. The molecule has 4 aromatic rings. The van der Waals surface area contributed by atoms with Crippen molar-refractivity contribution in [2.45, 2.75) is 6.42 Å². The second-order valence-corrected chi connectivity index (χ2v) is 7.00. The molecule has 2 heterocycles. The van der Waals surface area contributed by atoms with E-state index in [-0.39, 0.29) is 12.5 Å². The maximum Gasteiger partial charge on any atom is 0.257 e. The highest BCUT2D eigenvalue weighted by Crippen LogP contribution is 2.24. The maximum absolute atomic E-state index is 12.0. The minimum atomic E-state index is -0.167. The smallest absolute Gasteiger partial charge is 0.257 e. The van der Waals surface area contributed by atoms with E-state index in [0.717, 1.165) is 26.7 Å². The van der Waals surface area contributed by atoms with E-state index in [4.69, 9.17) is 4.74 Å². The summed E-state index contributed by atoms with van der Waals surface area (Å²) in [7, 11) is 0. The molecular formula is C20H17BrN4O2. The van der Waals surface area contributed by atoms with Crippen LogP contribution in [0.5, 0.6) is 5.75 Å². The molecule has 0 saturated carbocycles. The number of aromatic nitrogens is 3. The molecule has 136 valence electrons. The SMILES string of the molecule is O=C(COc1ccc2cc(Br)ccc2c1)NCCc1nnc2ccccn12. The Labute approximate surface area is 164 Å². The summed E-state index contributed by atoms with van der Waals surface area (Å²) in [5.74, 6) is 1.32. The number of carbonyl (C=O) groups excluding carboxylic acids is 1. The first-order valence-corrected chi connectivity index (χ1v) is 9.36. The molecule has 0 spiro atoms. The first-order chi connectivity index (χ1) is 13.2. The van der Waals surface area contributed by atoms with Gasteiger partial charge in [-0.25, -0.2) is 0 Å². The molecule has 0 aliphatic rings. The lowest BCUT2D eigenvalue weighted by Gasteiger charge is -2.08. The van der Waals surface area contributed by atoms with Crippen molar-refractivity contribution in [2.75, 3.05) is 13.2 Å². The predicted molar refractivity (Wildman–Crippen MR) is 107 cm³/mol. The number of rotatable bonds is 6. The van der Waals surface area contributed by atoms with Gasteiger partial charge in [-0.05, 0) is 47.2 Å². The summed E-state index contributed by atoms with van der Waals surface area (Å²) in [5, 5.41) is 13.3. The monoisotopic (exact) mass is 424 g/mol. The summed E-state index contributed by atoms with van der Waals surface area (Å²) in [4.78, 5) is 12.0. The topological polar surface area (TPSA) is 68.5 Å². The van der Waals surface area contributed by atoms with E-state index in [1.807, 2.05) is 65.2 Å². The molecule has 2 aromatic heterocycles. The van der Waals surface area contributed by atoms with Crippen molar-refractivity contribution >= 4 is 38.3 Å². The zero-order chi connectivity index (χ0) is 18.6. The van der Waals surface area contributed by atoms with E-state index in [1.165, 1.54) is 0 Å². The third kappa shape index (κ3) is 4.09. The molecule has 27 heavy (non-hydrogen) atoms. The molecule has 1 N–H and O–H groups in total. The van der Waals surface area contributed by atoms with Crippen LogP contribution in [-0.4, -0.2) is 33.7 Å². The molecule has 2 aromatic carbocycles. The molecule has 0 aliphatic heterocycles. The number of benzene rings is 2. The Morgan fingerprint density at radius 2 is 1.93 bits per heavy atom. The quantitative estimate of drug-likeness (QED) is 0.514. The number of hydrogen-bond donors (Lipinski definition) is 1. The fourth-order valence-corrected chi connectivity index (χ4v) is 3.24. The van der Waals surface area contributed by atoms with Crippen molar-refractivity contribution in [1.82, 2.24) is 19.9 Å². The van der Waals surface area contributed by atoms with Crippen LogP contribution in [0, 0.1) is 0 Å². The van der Waals surface area contributed by atoms with Gasteiger partial charge in [-0.3, -0.25) is 9.20 Å². The molecule has 1 amide bonds. The third-order valence-electron chi connectivity index (χ3n) is 4.20. The molecule has 4 rings (SSSR count). The Balaban J connectivity index is 1.29. The molecule has 0 aliphatic carbocycles. The fourth-order valence-electron chi connectivity index (χ4n) is 2.86. The number of pyridine rings is 1. The van der Waals surface area contributed by atoms with E-state index in [1.54, 1.807) is 0 Å². The third-order valence-corrected chi connectivity index (χ3v) is 4.69. The second kappa shape index (κ2) is 7.75. The van der Waals surface area contributed by atoms with E-state index >= 15 is 0 Å². The molecular weight excluding hydrogens is 408 g/mol. The summed E-state index contributed by atoms with van der Waals surface area (Å²) in [5.41, 5.74) is 0.797. The molecule has 0 atom stereocenters. The van der Waals surface area contributed by atoms with Crippen LogP contribution >= 0.6 is 15.9 Å². The van der Waals surface area contributed by atoms with Crippen LogP contribution in [0.1, 0.15) is 5.82 Å². The summed E-state index contributed by atoms with van der Waals surface area (Å²) >= 11 is 3.46.